The molecular weight excluding hydrogens is 301 g/mol. The number of nitrogen functional groups attached to an aromatic ring is 1. The second-order valence-corrected chi connectivity index (χ2v) is 4.61. The molecule has 1 aromatic carbocycles. The van der Waals surface area contributed by atoms with Gasteiger partial charge in [0, 0.05) is 4.47 Å². The number of halogens is 2. The lowest BCUT2D eigenvalue weighted by Gasteiger charge is -2.13. The van der Waals surface area contributed by atoms with Gasteiger partial charge in [-0.15, -0.1) is 0 Å². The molecule has 6 heteroatoms. The molecule has 0 radical (unpaired) electrons. The van der Waals surface area contributed by atoms with Gasteiger partial charge in [0.15, 0.2) is 11.6 Å². The predicted molar refractivity (Wildman–Crippen MR) is 69.6 cm³/mol. The van der Waals surface area contributed by atoms with E-state index in [1.165, 1.54) is 0 Å². The van der Waals surface area contributed by atoms with Crippen LogP contribution in [0.25, 0.3) is 0 Å². The van der Waals surface area contributed by atoms with Gasteiger partial charge in [-0.25, -0.2) is 9.37 Å². The summed E-state index contributed by atoms with van der Waals surface area (Å²) in [6, 6.07) is 7.72. The Balaban J connectivity index is 2.13. The molecule has 94 valence electrons. The van der Waals surface area contributed by atoms with E-state index in [2.05, 4.69) is 25.9 Å². The van der Waals surface area contributed by atoms with E-state index < -0.39 is 5.82 Å². The number of nitrogens with zero attached hydrogens (tertiary/aromatic N) is 2. The van der Waals surface area contributed by atoms with Crippen LogP contribution in [0.4, 0.5) is 10.2 Å². The molecular formula is C12H11BrFN3O. The topological polar surface area (TPSA) is 61.0 Å². The lowest BCUT2D eigenvalue weighted by Crippen LogP contribution is -2.07. The van der Waals surface area contributed by atoms with Crippen molar-refractivity contribution in [3.05, 3.63) is 46.3 Å². The lowest BCUT2D eigenvalue weighted by atomic mass is 10.1. The molecule has 18 heavy (non-hydrogen) atoms. The maximum Gasteiger partial charge on any atom is 0.319 e. The van der Waals surface area contributed by atoms with Gasteiger partial charge in [-0.05, 0) is 24.6 Å². The van der Waals surface area contributed by atoms with Crippen LogP contribution in [-0.2, 0) is 0 Å². The first-order valence-electron chi connectivity index (χ1n) is 5.26. The van der Waals surface area contributed by atoms with Crippen molar-refractivity contribution in [2.45, 2.75) is 13.0 Å². The van der Waals surface area contributed by atoms with Gasteiger partial charge >= 0.3 is 6.01 Å². The van der Waals surface area contributed by atoms with Crippen molar-refractivity contribution in [2.24, 2.45) is 0 Å². The summed E-state index contributed by atoms with van der Waals surface area (Å²) < 4.78 is 19.4. The fourth-order valence-electron chi connectivity index (χ4n) is 1.38. The molecule has 2 rings (SSSR count). The Labute approximate surface area is 112 Å². The van der Waals surface area contributed by atoms with Crippen molar-refractivity contribution >= 4 is 21.7 Å². The minimum atomic E-state index is -0.654. The minimum absolute atomic E-state index is 0.0596. The third-order valence-electron chi connectivity index (χ3n) is 2.37. The third kappa shape index (κ3) is 2.95. The molecule has 4 nitrogen and oxygen atoms in total. The van der Waals surface area contributed by atoms with Gasteiger partial charge in [-0.2, -0.15) is 4.98 Å². The Bertz CT molecular complexity index is 548. The van der Waals surface area contributed by atoms with Crippen molar-refractivity contribution < 1.29 is 9.13 Å². The van der Waals surface area contributed by atoms with Crippen LogP contribution in [0.15, 0.2) is 34.9 Å². The molecule has 1 aromatic heterocycles. The van der Waals surface area contributed by atoms with E-state index in [0.29, 0.717) is 0 Å². The smallest absolute Gasteiger partial charge is 0.319 e. The summed E-state index contributed by atoms with van der Waals surface area (Å²) in [5.74, 6) is -0.873. The zero-order chi connectivity index (χ0) is 13.1. The summed E-state index contributed by atoms with van der Waals surface area (Å²) in [6.07, 6.45) is 0.745. The van der Waals surface area contributed by atoms with E-state index in [-0.39, 0.29) is 17.9 Å². The first-order valence-corrected chi connectivity index (χ1v) is 6.05. The average Bonchev–Trinajstić information content (AvgIpc) is 2.34. The van der Waals surface area contributed by atoms with Crippen LogP contribution in [0, 0.1) is 5.82 Å². The fraction of sp³-hybridized carbons (Fsp3) is 0.167. The Hall–Kier alpha value is -1.69. The van der Waals surface area contributed by atoms with E-state index in [1.54, 1.807) is 0 Å². The largest absolute Gasteiger partial charge is 0.456 e. The molecule has 1 atom stereocenters. The van der Waals surface area contributed by atoms with E-state index in [1.807, 2.05) is 31.2 Å². The van der Waals surface area contributed by atoms with Crippen molar-refractivity contribution in [3.63, 3.8) is 0 Å². The van der Waals surface area contributed by atoms with Crippen LogP contribution in [0.1, 0.15) is 18.6 Å². The van der Waals surface area contributed by atoms with Crippen molar-refractivity contribution in [1.29, 1.82) is 0 Å². The normalized spacial score (nSPS) is 12.2. The number of aromatic nitrogens is 2. The summed E-state index contributed by atoms with van der Waals surface area (Å²) in [7, 11) is 0. The Morgan fingerprint density at radius 1 is 1.33 bits per heavy atom. The van der Waals surface area contributed by atoms with E-state index >= 15 is 0 Å². The molecule has 2 N–H and O–H groups in total. The maximum absolute atomic E-state index is 12.9. The summed E-state index contributed by atoms with van der Waals surface area (Å²) >= 11 is 3.36. The molecule has 0 aliphatic rings. The molecule has 2 aromatic rings. The SMILES string of the molecule is C[C@H](Oc1ncc(F)c(N)n1)c1ccc(Br)cc1. The molecule has 0 unspecified atom stereocenters. The molecule has 1 heterocycles. The van der Waals surface area contributed by atoms with E-state index in [4.69, 9.17) is 10.5 Å². The molecule has 0 spiro atoms. The standard InChI is InChI=1S/C12H11BrFN3O/c1-7(8-2-4-9(13)5-3-8)18-12-16-6-10(14)11(15)17-12/h2-7H,1H3,(H2,15,16,17)/t7-/m0/s1. The van der Waals surface area contributed by atoms with Crippen LogP contribution >= 0.6 is 15.9 Å². The lowest BCUT2D eigenvalue weighted by molar-refractivity contribution is 0.207. The fourth-order valence-corrected chi connectivity index (χ4v) is 1.64. The molecule has 0 saturated heterocycles. The number of hydrogen-bond donors (Lipinski definition) is 1. The van der Waals surface area contributed by atoms with Crippen LogP contribution in [0.2, 0.25) is 0 Å². The number of anilines is 1. The first kappa shape index (κ1) is 12.8. The number of hydrogen-bond acceptors (Lipinski definition) is 4. The quantitative estimate of drug-likeness (QED) is 0.946. The molecule has 0 aliphatic carbocycles. The van der Waals surface area contributed by atoms with Gasteiger partial charge < -0.3 is 10.5 Å². The van der Waals surface area contributed by atoms with Gasteiger partial charge in [0.1, 0.15) is 6.10 Å². The van der Waals surface area contributed by atoms with E-state index in [9.17, 15) is 4.39 Å². The van der Waals surface area contributed by atoms with Gasteiger partial charge in [0.25, 0.3) is 0 Å². The molecule has 0 bridgehead atoms. The molecule has 0 amide bonds. The highest BCUT2D eigenvalue weighted by Gasteiger charge is 2.10. The highest BCUT2D eigenvalue weighted by molar-refractivity contribution is 9.10. The average molecular weight is 312 g/mol. The van der Waals surface area contributed by atoms with Crippen molar-refractivity contribution in [1.82, 2.24) is 9.97 Å². The molecule has 0 aliphatic heterocycles. The number of nitrogens with two attached hydrogens (primary N) is 1. The van der Waals surface area contributed by atoms with Crippen molar-refractivity contribution in [2.75, 3.05) is 5.73 Å². The second kappa shape index (κ2) is 5.30. The Morgan fingerprint density at radius 2 is 2.00 bits per heavy atom. The summed E-state index contributed by atoms with van der Waals surface area (Å²) in [6.45, 7) is 1.85. The molecule has 0 saturated carbocycles. The Morgan fingerprint density at radius 3 is 2.61 bits per heavy atom. The third-order valence-corrected chi connectivity index (χ3v) is 2.90. The van der Waals surface area contributed by atoms with Crippen molar-refractivity contribution in [3.8, 4) is 6.01 Å². The summed E-state index contributed by atoms with van der Waals surface area (Å²) in [5.41, 5.74) is 6.31. The second-order valence-electron chi connectivity index (χ2n) is 3.70. The number of ether oxygens (including phenoxy) is 1. The summed E-state index contributed by atoms with van der Waals surface area (Å²) in [5, 5.41) is 0. The molecule has 0 fully saturated rings. The maximum atomic E-state index is 12.9. The van der Waals surface area contributed by atoms with Crippen LogP contribution < -0.4 is 10.5 Å². The van der Waals surface area contributed by atoms with E-state index in [0.717, 1.165) is 16.2 Å². The van der Waals surface area contributed by atoms with Gasteiger partial charge in [0.05, 0.1) is 6.20 Å². The van der Waals surface area contributed by atoms with Crippen LogP contribution in [0.5, 0.6) is 6.01 Å². The number of rotatable bonds is 3. The van der Waals surface area contributed by atoms with Crippen LogP contribution in [-0.4, -0.2) is 9.97 Å². The van der Waals surface area contributed by atoms with Gasteiger partial charge in [-0.1, -0.05) is 28.1 Å². The highest BCUT2D eigenvalue weighted by Crippen LogP contribution is 2.21. The number of benzene rings is 1. The van der Waals surface area contributed by atoms with Gasteiger partial charge in [0.2, 0.25) is 0 Å². The highest BCUT2D eigenvalue weighted by atomic mass is 79.9. The summed E-state index contributed by atoms with van der Waals surface area (Å²) in [4.78, 5) is 7.44. The minimum Gasteiger partial charge on any atom is -0.456 e. The predicted octanol–water partition coefficient (Wildman–Crippen LogP) is 3.10. The monoisotopic (exact) mass is 311 g/mol. The Kier molecular flexibility index (Phi) is 3.76. The van der Waals surface area contributed by atoms with Crippen LogP contribution in [0.3, 0.4) is 0 Å². The van der Waals surface area contributed by atoms with Gasteiger partial charge in [-0.3, -0.25) is 0 Å². The first-order chi connectivity index (χ1) is 8.56. The zero-order valence-corrected chi connectivity index (χ0v) is 11.2. The zero-order valence-electron chi connectivity index (χ0n) is 9.60.